The summed E-state index contributed by atoms with van der Waals surface area (Å²) in [7, 11) is 0. The Kier molecular flexibility index (Phi) is 7.27. The molecule has 0 bridgehead atoms. The standard InChI is InChI=1S/C23H29N3O4/c1-3-16(2)21(27)25-19-7-4-6-17(14-19)15-24-22(28)18-9-11-26(12-10-18)23(29)20-8-5-13-30-20/h4-8,13-14,16,18H,3,9-12,15H2,1-2H3,(H,24,28)(H,25,27)/t16-/m0/s1. The number of furan rings is 1. The van der Waals surface area contributed by atoms with Crippen molar-refractivity contribution in [2.75, 3.05) is 18.4 Å². The molecule has 1 aromatic carbocycles. The van der Waals surface area contributed by atoms with Gasteiger partial charge in [0, 0.05) is 37.2 Å². The van der Waals surface area contributed by atoms with Gasteiger partial charge >= 0.3 is 0 Å². The van der Waals surface area contributed by atoms with Gasteiger partial charge in [-0.1, -0.05) is 26.0 Å². The molecule has 0 radical (unpaired) electrons. The highest BCUT2D eigenvalue weighted by Crippen LogP contribution is 2.20. The van der Waals surface area contributed by atoms with E-state index in [0.29, 0.717) is 38.2 Å². The molecule has 7 heteroatoms. The van der Waals surface area contributed by atoms with Gasteiger partial charge in [-0.3, -0.25) is 14.4 Å². The maximum Gasteiger partial charge on any atom is 0.289 e. The molecular formula is C23H29N3O4. The first-order valence-electron chi connectivity index (χ1n) is 10.5. The normalized spacial score (nSPS) is 15.5. The number of hydrogen-bond donors (Lipinski definition) is 2. The summed E-state index contributed by atoms with van der Waals surface area (Å²) >= 11 is 0. The average molecular weight is 412 g/mol. The fourth-order valence-electron chi connectivity index (χ4n) is 3.44. The van der Waals surface area contributed by atoms with Gasteiger partial charge in [-0.25, -0.2) is 0 Å². The molecule has 7 nitrogen and oxygen atoms in total. The molecule has 1 aliphatic heterocycles. The lowest BCUT2D eigenvalue weighted by Gasteiger charge is -2.30. The zero-order valence-corrected chi connectivity index (χ0v) is 17.5. The Morgan fingerprint density at radius 2 is 1.93 bits per heavy atom. The number of nitrogens with zero attached hydrogens (tertiary/aromatic N) is 1. The Morgan fingerprint density at radius 3 is 2.60 bits per heavy atom. The van der Waals surface area contributed by atoms with Crippen LogP contribution in [-0.4, -0.2) is 35.7 Å². The summed E-state index contributed by atoms with van der Waals surface area (Å²) in [6.45, 7) is 5.35. The van der Waals surface area contributed by atoms with E-state index >= 15 is 0 Å². The lowest BCUT2D eigenvalue weighted by molar-refractivity contribution is -0.126. The average Bonchev–Trinajstić information content (AvgIpc) is 3.31. The van der Waals surface area contributed by atoms with E-state index in [1.54, 1.807) is 17.0 Å². The van der Waals surface area contributed by atoms with Crippen LogP contribution in [-0.2, 0) is 16.1 Å². The van der Waals surface area contributed by atoms with Crippen molar-refractivity contribution in [3.05, 3.63) is 54.0 Å². The van der Waals surface area contributed by atoms with Gasteiger partial charge < -0.3 is 20.0 Å². The smallest absolute Gasteiger partial charge is 0.289 e. The Labute approximate surface area is 176 Å². The molecule has 1 saturated heterocycles. The van der Waals surface area contributed by atoms with Gasteiger partial charge in [-0.2, -0.15) is 0 Å². The molecule has 2 aromatic rings. The molecule has 0 spiro atoms. The van der Waals surface area contributed by atoms with Crippen LogP contribution < -0.4 is 10.6 Å². The highest BCUT2D eigenvalue weighted by molar-refractivity contribution is 5.92. The number of carbonyl (C=O) groups excluding carboxylic acids is 3. The predicted octanol–water partition coefficient (Wildman–Crippen LogP) is 3.43. The Hall–Kier alpha value is -3.09. The fourth-order valence-corrected chi connectivity index (χ4v) is 3.44. The molecule has 3 rings (SSSR count). The number of piperidine rings is 1. The van der Waals surface area contributed by atoms with Crippen LogP contribution in [0.5, 0.6) is 0 Å². The zero-order chi connectivity index (χ0) is 21.5. The van der Waals surface area contributed by atoms with Crippen molar-refractivity contribution in [2.45, 2.75) is 39.7 Å². The lowest BCUT2D eigenvalue weighted by atomic mass is 9.95. The minimum atomic E-state index is -0.130. The molecule has 2 heterocycles. The number of nitrogens with one attached hydrogen (secondary N) is 2. The van der Waals surface area contributed by atoms with Crippen molar-refractivity contribution in [3.8, 4) is 0 Å². The van der Waals surface area contributed by atoms with E-state index in [4.69, 9.17) is 4.42 Å². The highest BCUT2D eigenvalue weighted by atomic mass is 16.3. The molecule has 1 atom stereocenters. The molecular weight excluding hydrogens is 382 g/mol. The first-order chi connectivity index (χ1) is 14.5. The second-order valence-corrected chi connectivity index (χ2v) is 7.76. The summed E-state index contributed by atoms with van der Waals surface area (Å²) in [5.41, 5.74) is 1.66. The van der Waals surface area contributed by atoms with Crippen molar-refractivity contribution in [1.82, 2.24) is 10.2 Å². The summed E-state index contributed by atoms with van der Waals surface area (Å²) in [6, 6.07) is 10.9. The van der Waals surface area contributed by atoms with E-state index in [-0.39, 0.29) is 29.6 Å². The van der Waals surface area contributed by atoms with Crippen LogP contribution in [0.4, 0.5) is 5.69 Å². The summed E-state index contributed by atoms with van der Waals surface area (Å²) in [4.78, 5) is 38.7. The van der Waals surface area contributed by atoms with Crippen molar-refractivity contribution < 1.29 is 18.8 Å². The van der Waals surface area contributed by atoms with Gasteiger partial charge in [0.05, 0.1) is 6.26 Å². The molecule has 1 fully saturated rings. The topological polar surface area (TPSA) is 91.7 Å². The van der Waals surface area contributed by atoms with E-state index in [1.165, 1.54) is 6.26 Å². The van der Waals surface area contributed by atoms with Crippen LogP contribution >= 0.6 is 0 Å². The maximum absolute atomic E-state index is 12.6. The third-order valence-corrected chi connectivity index (χ3v) is 5.61. The first kappa shape index (κ1) is 21.6. The van der Waals surface area contributed by atoms with Gasteiger partial charge in [-0.05, 0) is 49.1 Å². The predicted molar refractivity (Wildman–Crippen MR) is 114 cm³/mol. The molecule has 3 amide bonds. The Morgan fingerprint density at radius 1 is 1.17 bits per heavy atom. The fraction of sp³-hybridized carbons (Fsp3) is 0.435. The number of rotatable bonds is 7. The number of likely N-dealkylation sites (tertiary alicyclic amines) is 1. The number of benzene rings is 1. The summed E-state index contributed by atoms with van der Waals surface area (Å²) in [5, 5.41) is 5.90. The third-order valence-electron chi connectivity index (χ3n) is 5.61. The molecule has 1 aliphatic rings. The van der Waals surface area contributed by atoms with E-state index in [0.717, 1.165) is 17.7 Å². The molecule has 0 aliphatic carbocycles. The van der Waals surface area contributed by atoms with Crippen LogP contribution in [0.1, 0.15) is 49.2 Å². The summed E-state index contributed by atoms with van der Waals surface area (Å²) < 4.78 is 5.17. The van der Waals surface area contributed by atoms with Gasteiger partial charge in [0.25, 0.3) is 5.91 Å². The van der Waals surface area contributed by atoms with E-state index in [1.807, 2.05) is 38.1 Å². The first-order valence-corrected chi connectivity index (χ1v) is 10.5. The van der Waals surface area contributed by atoms with Crippen LogP contribution in [0.25, 0.3) is 0 Å². The quantitative estimate of drug-likeness (QED) is 0.730. The highest BCUT2D eigenvalue weighted by Gasteiger charge is 2.28. The van der Waals surface area contributed by atoms with E-state index in [2.05, 4.69) is 10.6 Å². The second kappa shape index (κ2) is 10.1. The van der Waals surface area contributed by atoms with Gasteiger partial charge in [0.1, 0.15) is 0 Å². The van der Waals surface area contributed by atoms with E-state index in [9.17, 15) is 14.4 Å². The summed E-state index contributed by atoms with van der Waals surface area (Å²) in [6.07, 6.45) is 3.53. The van der Waals surface area contributed by atoms with Crippen molar-refractivity contribution >= 4 is 23.4 Å². The van der Waals surface area contributed by atoms with Crippen molar-refractivity contribution in [1.29, 1.82) is 0 Å². The lowest BCUT2D eigenvalue weighted by Crippen LogP contribution is -2.42. The molecule has 2 N–H and O–H groups in total. The molecule has 30 heavy (non-hydrogen) atoms. The van der Waals surface area contributed by atoms with Gasteiger partial charge in [0.2, 0.25) is 11.8 Å². The Bertz CT molecular complexity index is 870. The minimum absolute atomic E-state index is 0.00505. The Balaban J connectivity index is 1.46. The zero-order valence-electron chi connectivity index (χ0n) is 17.5. The van der Waals surface area contributed by atoms with E-state index < -0.39 is 0 Å². The van der Waals surface area contributed by atoms with Crippen LogP contribution in [0.3, 0.4) is 0 Å². The minimum Gasteiger partial charge on any atom is -0.459 e. The molecule has 1 aromatic heterocycles. The largest absolute Gasteiger partial charge is 0.459 e. The molecule has 0 saturated carbocycles. The number of carbonyl (C=O) groups is 3. The van der Waals surface area contributed by atoms with Crippen molar-refractivity contribution in [3.63, 3.8) is 0 Å². The maximum atomic E-state index is 12.6. The summed E-state index contributed by atoms with van der Waals surface area (Å²) in [5.74, 6) is 0.0369. The van der Waals surface area contributed by atoms with Gasteiger partial charge in [0.15, 0.2) is 5.76 Å². The second-order valence-electron chi connectivity index (χ2n) is 7.76. The number of amides is 3. The van der Waals surface area contributed by atoms with Crippen LogP contribution in [0.2, 0.25) is 0 Å². The SMILES string of the molecule is CC[C@H](C)C(=O)Nc1cccc(CNC(=O)C2CCN(C(=O)c3ccco3)CC2)c1. The molecule has 160 valence electrons. The third kappa shape index (κ3) is 5.49. The van der Waals surface area contributed by atoms with Crippen LogP contribution in [0.15, 0.2) is 47.1 Å². The van der Waals surface area contributed by atoms with Gasteiger partial charge in [-0.15, -0.1) is 0 Å². The molecule has 0 unspecified atom stereocenters. The van der Waals surface area contributed by atoms with Crippen LogP contribution in [0, 0.1) is 11.8 Å². The number of hydrogen-bond acceptors (Lipinski definition) is 4. The van der Waals surface area contributed by atoms with Crippen molar-refractivity contribution in [2.24, 2.45) is 11.8 Å². The number of anilines is 1. The monoisotopic (exact) mass is 411 g/mol.